The number of aliphatic carboxylic acids is 1. The summed E-state index contributed by atoms with van der Waals surface area (Å²) in [4.78, 5) is 10.3. The van der Waals surface area contributed by atoms with Gasteiger partial charge in [-0.3, -0.25) is 4.79 Å². The number of aliphatic hydroxyl groups is 1. The van der Waals surface area contributed by atoms with Gasteiger partial charge in [-0.25, -0.2) is 0 Å². The maximum Gasteiger partial charge on any atom is 0.307 e. The number of aliphatic hydroxyl groups excluding tert-OH is 1. The van der Waals surface area contributed by atoms with Gasteiger partial charge in [0.2, 0.25) is 0 Å². The van der Waals surface area contributed by atoms with E-state index in [1.54, 1.807) is 0 Å². The van der Waals surface area contributed by atoms with Crippen molar-refractivity contribution in [2.45, 2.75) is 103 Å². The molecule has 22 heavy (non-hydrogen) atoms. The molecule has 0 aliphatic rings. The largest absolute Gasteiger partial charge is 0.481 e. The van der Waals surface area contributed by atoms with Crippen LogP contribution in [0.25, 0.3) is 0 Å². The van der Waals surface area contributed by atoms with Crippen molar-refractivity contribution in [3.63, 3.8) is 0 Å². The zero-order valence-corrected chi connectivity index (χ0v) is 14.3. The second-order valence-corrected chi connectivity index (χ2v) is 6.25. The van der Waals surface area contributed by atoms with Crippen molar-refractivity contribution in [1.29, 1.82) is 0 Å². The van der Waals surface area contributed by atoms with Crippen molar-refractivity contribution < 1.29 is 15.0 Å². The van der Waals surface area contributed by atoms with Crippen LogP contribution in [0.3, 0.4) is 0 Å². The van der Waals surface area contributed by atoms with E-state index in [0.717, 1.165) is 25.7 Å². The molecule has 3 heteroatoms. The van der Waals surface area contributed by atoms with Crippen LogP contribution in [0.15, 0.2) is 0 Å². The molecule has 0 saturated carbocycles. The molecule has 0 unspecified atom stereocenters. The van der Waals surface area contributed by atoms with Gasteiger partial charge in [-0.05, 0) is 12.8 Å². The number of unbranched alkanes of at least 4 members (excludes halogenated alkanes) is 15. The number of rotatable bonds is 18. The van der Waals surface area contributed by atoms with Crippen molar-refractivity contribution in [3.05, 3.63) is 13.0 Å². The SMILES string of the molecule is O=C(O)[CH]CCCCCCCCCCCCCCCC[CH]O. The molecule has 0 rings (SSSR count). The fraction of sp³-hybridized carbons (Fsp3) is 0.842. The van der Waals surface area contributed by atoms with E-state index in [1.165, 1.54) is 83.7 Å². The third-order valence-corrected chi connectivity index (χ3v) is 4.11. The molecule has 0 amide bonds. The quantitative estimate of drug-likeness (QED) is 0.303. The Morgan fingerprint density at radius 3 is 1.23 bits per heavy atom. The minimum Gasteiger partial charge on any atom is -0.481 e. The average molecular weight is 312 g/mol. The van der Waals surface area contributed by atoms with Crippen LogP contribution in [-0.4, -0.2) is 16.2 Å². The summed E-state index contributed by atoms with van der Waals surface area (Å²) in [5.41, 5.74) is 0. The van der Waals surface area contributed by atoms with Gasteiger partial charge < -0.3 is 10.2 Å². The highest BCUT2D eigenvalue weighted by molar-refractivity contribution is 5.76. The molecule has 0 saturated heterocycles. The fourth-order valence-corrected chi connectivity index (χ4v) is 2.73. The van der Waals surface area contributed by atoms with Crippen molar-refractivity contribution in [2.75, 3.05) is 0 Å². The Labute approximate surface area is 137 Å². The minimum atomic E-state index is -0.788. The molecule has 130 valence electrons. The average Bonchev–Trinajstić information content (AvgIpc) is 2.50. The van der Waals surface area contributed by atoms with Gasteiger partial charge >= 0.3 is 5.97 Å². The van der Waals surface area contributed by atoms with Crippen molar-refractivity contribution in [1.82, 2.24) is 0 Å². The first-order valence-corrected chi connectivity index (χ1v) is 9.29. The Kier molecular flexibility index (Phi) is 18.0. The van der Waals surface area contributed by atoms with Crippen LogP contribution >= 0.6 is 0 Å². The zero-order chi connectivity index (χ0) is 16.3. The molecule has 2 N–H and O–H groups in total. The third-order valence-electron chi connectivity index (χ3n) is 4.11. The maximum absolute atomic E-state index is 10.3. The number of carboxylic acid groups (broad SMARTS) is 1. The third kappa shape index (κ3) is 19.4. The molecule has 0 aliphatic carbocycles. The topological polar surface area (TPSA) is 57.5 Å². The van der Waals surface area contributed by atoms with Crippen molar-refractivity contribution in [2.24, 2.45) is 0 Å². The van der Waals surface area contributed by atoms with E-state index >= 15 is 0 Å². The van der Waals surface area contributed by atoms with Gasteiger partial charge in [0.1, 0.15) is 0 Å². The predicted octanol–water partition coefficient (Wildman–Crippen LogP) is 6.05. The van der Waals surface area contributed by atoms with Crippen molar-refractivity contribution in [3.8, 4) is 0 Å². The summed E-state index contributed by atoms with van der Waals surface area (Å²) in [5.74, 6) is -0.788. The maximum atomic E-state index is 10.3. The molecule has 0 aromatic carbocycles. The van der Waals surface area contributed by atoms with E-state index in [9.17, 15) is 4.79 Å². The Hall–Kier alpha value is -0.570. The van der Waals surface area contributed by atoms with Gasteiger partial charge in [-0.1, -0.05) is 89.9 Å². The van der Waals surface area contributed by atoms with Crippen LogP contribution in [0.5, 0.6) is 0 Å². The van der Waals surface area contributed by atoms with Crippen LogP contribution < -0.4 is 0 Å². The molecule has 0 bridgehead atoms. The normalized spacial score (nSPS) is 11.0. The Morgan fingerprint density at radius 2 is 0.909 bits per heavy atom. The standard InChI is InChI=1S/C19H36O3/c20-18-16-14-12-10-8-6-4-2-1-3-5-7-9-11-13-15-17-19(21)22/h17-18,20H,1-16H2,(H,21,22). The first-order chi connectivity index (χ1) is 10.8. The number of carboxylic acids is 1. The van der Waals surface area contributed by atoms with Crippen LogP contribution in [0.4, 0.5) is 0 Å². The molecule has 2 radical (unpaired) electrons. The van der Waals surface area contributed by atoms with Gasteiger partial charge in [-0.15, -0.1) is 0 Å². The smallest absolute Gasteiger partial charge is 0.307 e. The highest BCUT2D eigenvalue weighted by Crippen LogP contribution is 2.14. The second kappa shape index (κ2) is 18.5. The number of hydrogen-bond acceptors (Lipinski definition) is 2. The summed E-state index contributed by atoms with van der Waals surface area (Å²) in [7, 11) is 0. The summed E-state index contributed by atoms with van der Waals surface area (Å²) < 4.78 is 0. The van der Waals surface area contributed by atoms with E-state index in [0.29, 0.717) is 6.42 Å². The van der Waals surface area contributed by atoms with Crippen LogP contribution in [0.1, 0.15) is 103 Å². The van der Waals surface area contributed by atoms with Crippen LogP contribution in [-0.2, 0) is 4.79 Å². The fourth-order valence-electron chi connectivity index (χ4n) is 2.73. The molecular weight excluding hydrogens is 276 g/mol. The van der Waals surface area contributed by atoms with Gasteiger partial charge in [0.15, 0.2) is 0 Å². The Morgan fingerprint density at radius 1 is 0.591 bits per heavy atom. The molecule has 0 spiro atoms. The highest BCUT2D eigenvalue weighted by atomic mass is 16.4. The Balaban J connectivity index is 2.95. The first kappa shape index (κ1) is 21.4. The first-order valence-electron chi connectivity index (χ1n) is 9.29. The summed E-state index contributed by atoms with van der Waals surface area (Å²) in [6.45, 7) is 1.27. The second-order valence-electron chi connectivity index (χ2n) is 6.25. The summed E-state index contributed by atoms with van der Waals surface area (Å²) in [5, 5.41) is 17.0. The van der Waals surface area contributed by atoms with Gasteiger partial charge in [0.25, 0.3) is 0 Å². The lowest BCUT2D eigenvalue weighted by Gasteiger charge is -2.03. The lowest BCUT2D eigenvalue weighted by molar-refractivity contribution is -0.133. The van der Waals surface area contributed by atoms with Gasteiger partial charge in [0.05, 0.1) is 13.0 Å². The predicted molar refractivity (Wildman–Crippen MR) is 92.0 cm³/mol. The molecule has 0 fully saturated rings. The summed E-state index contributed by atoms with van der Waals surface area (Å²) >= 11 is 0. The van der Waals surface area contributed by atoms with E-state index in [1.807, 2.05) is 0 Å². The summed E-state index contributed by atoms with van der Waals surface area (Å²) in [6, 6.07) is 0. The molecule has 0 aliphatic heterocycles. The van der Waals surface area contributed by atoms with Crippen LogP contribution in [0, 0.1) is 13.0 Å². The highest BCUT2D eigenvalue weighted by Gasteiger charge is 1.97. The minimum absolute atomic E-state index is 0.716. The molecule has 0 aromatic heterocycles. The number of carbonyl (C=O) groups is 1. The molecule has 0 heterocycles. The van der Waals surface area contributed by atoms with E-state index in [2.05, 4.69) is 0 Å². The summed E-state index contributed by atoms with van der Waals surface area (Å²) in [6.07, 6.45) is 20.9. The Bertz CT molecular complexity index is 229. The lowest BCUT2D eigenvalue weighted by Crippen LogP contribution is -1.94. The monoisotopic (exact) mass is 312 g/mol. The molecule has 0 atom stereocenters. The van der Waals surface area contributed by atoms with E-state index in [-0.39, 0.29) is 0 Å². The van der Waals surface area contributed by atoms with Gasteiger partial charge in [0, 0.05) is 0 Å². The zero-order valence-electron chi connectivity index (χ0n) is 14.3. The van der Waals surface area contributed by atoms with E-state index in [4.69, 9.17) is 10.2 Å². The van der Waals surface area contributed by atoms with Crippen LogP contribution in [0.2, 0.25) is 0 Å². The van der Waals surface area contributed by atoms with Crippen molar-refractivity contribution >= 4 is 5.97 Å². The molecule has 0 aromatic rings. The molecule has 3 nitrogen and oxygen atoms in total. The van der Waals surface area contributed by atoms with Gasteiger partial charge in [-0.2, -0.15) is 0 Å². The lowest BCUT2D eigenvalue weighted by atomic mass is 10.0. The van der Waals surface area contributed by atoms with E-state index < -0.39 is 5.97 Å². The molecular formula is C19H36O3. The number of hydrogen-bond donors (Lipinski definition) is 2.